The van der Waals surface area contributed by atoms with Crippen molar-refractivity contribution in [2.45, 2.75) is 45.3 Å². The number of nitrogens with zero attached hydrogens (tertiary/aromatic N) is 1. The fourth-order valence-corrected chi connectivity index (χ4v) is 2.94. The molecule has 1 aromatic carbocycles. The minimum Gasteiger partial charge on any atom is -0.481 e. The van der Waals surface area contributed by atoms with E-state index in [4.69, 9.17) is 4.74 Å². The van der Waals surface area contributed by atoms with E-state index in [1.54, 1.807) is 19.3 Å². The minimum absolute atomic E-state index is 0.109. The number of aromatic nitrogens is 1. The Hall–Kier alpha value is -2.36. The van der Waals surface area contributed by atoms with Crippen LogP contribution in [-0.2, 0) is 24.2 Å². The first kappa shape index (κ1) is 15.5. The summed E-state index contributed by atoms with van der Waals surface area (Å²) in [7, 11) is 0. The molecule has 0 bridgehead atoms. The summed E-state index contributed by atoms with van der Waals surface area (Å²) in [6.07, 6.45) is 7.52. The highest BCUT2D eigenvalue weighted by atomic mass is 16.5. The van der Waals surface area contributed by atoms with Gasteiger partial charge >= 0.3 is 0 Å². The van der Waals surface area contributed by atoms with Crippen LogP contribution in [0.3, 0.4) is 0 Å². The quantitative estimate of drug-likeness (QED) is 0.923. The highest BCUT2D eigenvalue weighted by molar-refractivity contribution is 5.80. The second-order valence-corrected chi connectivity index (χ2v) is 5.94. The van der Waals surface area contributed by atoms with Crippen LogP contribution < -0.4 is 10.1 Å². The Kier molecular flexibility index (Phi) is 4.91. The fraction of sp³-hybridized carbons (Fsp3) is 0.368. The standard InChI is InChI=1S/C19H22N2O2/c1-14(19(22)21-13-15-6-5-11-20-12-15)23-18-10-4-8-16-7-2-3-9-17(16)18/h4-6,8,10-12,14H,2-3,7,9,13H2,1H3,(H,21,22). The maximum absolute atomic E-state index is 12.2. The van der Waals surface area contributed by atoms with Crippen molar-refractivity contribution in [3.05, 3.63) is 59.4 Å². The maximum Gasteiger partial charge on any atom is 0.261 e. The number of rotatable bonds is 5. The van der Waals surface area contributed by atoms with Crippen molar-refractivity contribution in [1.29, 1.82) is 0 Å². The van der Waals surface area contributed by atoms with Crippen molar-refractivity contribution in [2.24, 2.45) is 0 Å². The van der Waals surface area contributed by atoms with Crippen LogP contribution >= 0.6 is 0 Å². The fourth-order valence-electron chi connectivity index (χ4n) is 2.94. The van der Waals surface area contributed by atoms with Gasteiger partial charge in [-0.3, -0.25) is 9.78 Å². The predicted octanol–water partition coefficient (Wildman–Crippen LogP) is 3.04. The van der Waals surface area contributed by atoms with Gasteiger partial charge in [0, 0.05) is 18.9 Å². The van der Waals surface area contributed by atoms with E-state index in [0.29, 0.717) is 6.54 Å². The van der Waals surface area contributed by atoms with Gasteiger partial charge in [-0.15, -0.1) is 0 Å². The van der Waals surface area contributed by atoms with E-state index in [1.165, 1.54) is 24.0 Å². The van der Waals surface area contributed by atoms with E-state index in [2.05, 4.69) is 16.4 Å². The number of nitrogens with one attached hydrogen (secondary N) is 1. The summed E-state index contributed by atoms with van der Waals surface area (Å²) in [6, 6.07) is 9.94. The van der Waals surface area contributed by atoms with Crippen molar-refractivity contribution in [2.75, 3.05) is 0 Å². The number of hydrogen-bond acceptors (Lipinski definition) is 3. The number of hydrogen-bond donors (Lipinski definition) is 1. The van der Waals surface area contributed by atoms with Crippen LogP contribution in [0, 0.1) is 0 Å². The molecule has 1 heterocycles. The Morgan fingerprint density at radius 3 is 2.96 bits per heavy atom. The van der Waals surface area contributed by atoms with Crippen molar-refractivity contribution in [3.63, 3.8) is 0 Å². The van der Waals surface area contributed by atoms with E-state index in [0.717, 1.165) is 24.2 Å². The largest absolute Gasteiger partial charge is 0.481 e. The van der Waals surface area contributed by atoms with Crippen molar-refractivity contribution < 1.29 is 9.53 Å². The van der Waals surface area contributed by atoms with Gasteiger partial charge < -0.3 is 10.1 Å². The van der Waals surface area contributed by atoms with Crippen LogP contribution in [0.15, 0.2) is 42.7 Å². The van der Waals surface area contributed by atoms with Gasteiger partial charge in [0.25, 0.3) is 5.91 Å². The molecule has 0 saturated heterocycles. The lowest BCUT2D eigenvalue weighted by molar-refractivity contribution is -0.127. The molecule has 0 fully saturated rings. The number of aryl methyl sites for hydroxylation is 1. The SMILES string of the molecule is CC(Oc1cccc2c1CCCC2)C(=O)NCc1cccnc1. The van der Waals surface area contributed by atoms with Gasteiger partial charge in [0.15, 0.2) is 6.10 Å². The number of benzene rings is 1. The highest BCUT2D eigenvalue weighted by Gasteiger charge is 2.19. The van der Waals surface area contributed by atoms with Gasteiger partial charge in [0.1, 0.15) is 5.75 Å². The summed E-state index contributed by atoms with van der Waals surface area (Å²) in [5, 5.41) is 2.90. The van der Waals surface area contributed by atoms with Gasteiger partial charge in [0.05, 0.1) is 0 Å². The second-order valence-electron chi connectivity index (χ2n) is 5.94. The van der Waals surface area contributed by atoms with Gasteiger partial charge in [-0.25, -0.2) is 0 Å². The zero-order chi connectivity index (χ0) is 16.1. The van der Waals surface area contributed by atoms with E-state index < -0.39 is 6.10 Å². The lowest BCUT2D eigenvalue weighted by Crippen LogP contribution is -2.36. The molecule has 23 heavy (non-hydrogen) atoms. The van der Waals surface area contributed by atoms with E-state index in [1.807, 2.05) is 24.3 Å². The van der Waals surface area contributed by atoms with E-state index >= 15 is 0 Å². The number of pyridine rings is 1. The number of ether oxygens (including phenoxy) is 1. The molecule has 120 valence electrons. The molecular weight excluding hydrogens is 288 g/mol. The van der Waals surface area contributed by atoms with Crippen LogP contribution in [0.25, 0.3) is 0 Å². The number of carbonyl (C=O) groups excluding carboxylic acids is 1. The van der Waals surface area contributed by atoms with E-state index in [-0.39, 0.29) is 5.91 Å². The number of fused-ring (bicyclic) bond motifs is 1. The summed E-state index contributed by atoms with van der Waals surface area (Å²) >= 11 is 0. The topological polar surface area (TPSA) is 51.2 Å². The monoisotopic (exact) mass is 310 g/mol. The Morgan fingerprint density at radius 1 is 1.26 bits per heavy atom. The van der Waals surface area contributed by atoms with Crippen molar-refractivity contribution in [3.8, 4) is 5.75 Å². The van der Waals surface area contributed by atoms with Gasteiger partial charge in [-0.2, -0.15) is 0 Å². The first-order valence-electron chi connectivity index (χ1n) is 8.18. The molecule has 1 aromatic heterocycles. The van der Waals surface area contributed by atoms with Crippen LogP contribution in [0.2, 0.25) is 0 Å². The Balaban J connectivity index is 1.60. The molecule has 0 radical (unpaired) electrons. The number of amides is 1. The van der Waals surface area contributed by atoms with Crippen molar-refractivity contribution >= 4 is 5.91 Å². The maximum atomic E-state index is 12.2. The van der Waals surface area contributed by atoms with Gasteiger partial charge in [-0.1, -0.05) is 18.2 Å². The summed E-state index contributed by atoms with van der Waals surface area (Å²) in [5.41, 5.74) is 3.60. The molecule has 4 nitrogen and oxygen atoms in total. The summed E-state index contributed by atoms with van der Waals surface area (Å²) in [6.45, 7) is 2.26. The second kappa shape index (κ2) is 7.27. The first-order chi connectivity index (χ1) is 11.2. The third-order valence-corrected chi connectivity index (χ3v) is 4.22. The van der Waals surface area contributed by atoms with Crippen molar-refractivity contribution in [1.82, 2.24) is 10.3 Å². The Bertz CT molecular complexity index is 670. The molecular formula is C19H22N2O2. The Morgan fingerprint density at radius 2 is 2.13 bits per heavy atom. The average molecular weight is 310 g/mol. The van der Waals surface area contributed by atoms with E-state index in [9.17, 15) is 4.79 Å². The molecule has 0 aliphatic heterocycles. The highest BCUT2D eigenvalue weighted by Crippen LogP contribution is 2.30. The van der Waals surface area contributed by atoms with Crippen LogP contribution in [0.1, 0.15) is 36.5 Å². The molecule has 1 aliphatic carbocycles. The molecule has 0 spiro atoms. The molecule has 4 heteroatoms. The molecule has 1 atom stereocenters. The summed E-state index contributed by atoms with van der Waals surface area (Å²) in [5.74, 6) is 0.744. The smallest absolute Gasteiger partial charge is 0.261 e. The molecule has 0 saturated carbocycles. The molecule has 1 amide bonds. The minimum atomic E-state index is -0.514. The summed E-state index contributed by atoms with van der Waals surface area (Å²) < 4.78 is 5.94. The zero-order valence-electron chi connectivity index (χ0n) is 13.4. The molecule has 1 aliphatic rings. The third-order valence-electron chi connectivity index (χ3n) is 4.22. The third kappa shape index (κ3) is 3.89. The predicted molar refractivity (Wildman–Crippen MR) is 89.3 cm³/mol. The van der Waals surface area contributed by atoms with Gasteiger partial charge in [-0.05, 0) is 61.4 Å². The molecule has 2 aromatic rings. The number of carbonyl (C=O) groups is 1. The summed E-state index contributed by atoms with van der Waals surface area (Å²) in [4.78, 5) is 16.3. The molecule has 1 unspecified atom stereocenters. The van der Waals surface area contributed by atoms with Crippen LogP contribution in [-0.4, -0.2) is 17.0 Å². The average Bonchev–Trinajstić information content (AvgIpc) is 2.61. The normalized spacial score (nSPS) is 14.7. The van der Waals surface area contributed by atoms with Gasteiger partial charge in [0.2, 0.25) is 0 Å². The lowest BCUT2D eigenvalue weighted by Gasteiger charge is -2.22. The lowest BCUT2D eigenvalue weighted by atomic mass is 9.91. The Labute approximate surface area is 136 Å². The molecule has 1 N–H and O–H groups in total. The molecule has 3 rings (SSSR count). The van der Waals surface area contributed by atoms with Crippen LogP contribution in [0.4, 0.5) is 0 Å². The first-order valence-corrected chi connectivity index (χ1v) is 8.18. The zero-order valence-corrected chi connectivity index (χ0v) is 13.4. The van der Waals surface area contributed by atoms with Crippen LogP contribution in [0.5, 0.6) is 5.75 Å².